The van der Waals surface area contributed by atoms with E-state index in [1.807, 2.05) is 18.2 Å². The molecule has 1 aromatic rings. The molecule has 1 aromatic carbocycles. The Kier molecular flexibility index (Phi) is 5.55. The first kappa shape index (κ1) is 15.5. The van der Waals surface area contributed by atoms with E-state index in [2.05, 4.69) is 24.1 Å². The molecule has 0 radical (unpaired) electrons. The monoisotopic (exact) mass is 296 g/mol. The van der Waals surface area contributed by atoms with Crippen molar-refractivity contribution in [2.45, 2.75) is 32.7 Å². The van der Waals surface area contributed by atoms with Crippen molar-refractivity contribution in [1.82, 2.24) is 5.32 Å². The predicted octanol–water partition coefficient (Wildman–Crippen LogP) is 3.56. The molecule has 112 valence electrons. The second-order valence-corrected chi connectivity index (χ2v) is 6.30. The summed E-state index contributed by atoms with van der Waals surface area (Å²) in [4.78, 5) is 2.39. The lowest BCUT2D eigenvalue weighted by Gasteiger charge is -2.28. The second-order valence-electron chi connectivity index (χ2n) is 5.90. The van der Waals surface area contributed by atoms with Crippen molar-refractivity contribution >= 4 is 17.3 Å². The fraction of sp³-hybridized carbons (Fsp3) is 0.625. The van der Waals surface area contributed by atoms with Gasteiger partial charge in [0.25, 0.3) is 0 Å². The minimum absolute atomic E-state index is 0.528. The van der Waals surface area contributed by atoms with Gasteiger partial charge in [-0.25, -0.2) is 0 Å². The zero-order chi connectivity index (χ0) is 14.5. The number of halogens is 1. The van der Waals surface area contributed by atoms with Crippen molar-refractivity contribution in [3.63, 3.8) is 0 Å². The van der Waals surface area contributed by atoms with Crippen LogP contribution in [0, 0.1) is 5.92 Å². The largest absolute Gasteiger partial charge is 0.497 e. The summed E-state index contributed by atoms with van der Waals surface area (Å²) in [6.07, 6.45) is 2.33. The number of rotatable bonds is 4. The van der Waals surface area contributed by atoms with Crippen LogP contribution in [-0.2, 0) is 0 Å². The third-order valence-corrected chi connectivity index (χ3v) is 4.05. The van der Waals surface area contributed by atoms with Crippen LogP contribution in [0.4, 0.5) is 5.69 Å². The van der Waals surface area contributed by atoms with Gasteiger partial charge in [-0.05, 0) is 37.4 Å². The molecular formula is C16H25ClN2O. The molecule has 0 bridgehead atoms. The fourth-order valence-electron chi connectivity index (χ4n) is 2.81. The SMILES string of the molecule is COc1ccc(Cl)c(N2CCCNC(CC(C)C)C2)c1. The molecular weight excluding hydrogens is 272 g/mol. The van der Waals surface area contributed by atoms with E-state index in [4.69, 9.17) is 16.3 Å². The maximum Gasteiger partial charge on any atom is 0.121 e. The number of anilines is 1. The molecule has 0 spiro atoms. The average Bonchev–Trinajstić information content (AvgIpc) is 2.64. The highest BCUT2D eigenvalue weighted by molar-refractivity contribution is 6.33. The summed E-state index contributed by atoms with van der Waals surface area (Å²) < 4.78 is 5.32. The van der Waals surface area contributed by atoms with Gasteiger partial charge >= 0.3 is 0 Å². The van der Waals surface area contributed by atoms with Crippen LogP contribution in [0.5, 0.6) is 5.75 Å². The van der Waals surface area contributed by atoms with Crippen LogP contribution in [0.25, 0.3) is 0 Å². The van der Waals surface area contributed by atoms with E-state index < -0.39 is 0 Å². The van der Waals surface area contributed by atoms with E-state index in [1.54, 1.807) is 7.11 Å². The second kappa shape index (κ2) is 7.19. The number of nitrogens with zero attached hydrogens (tertiary/aromatic N) is 1. The zero-order valence-electron chi connectivity index (χ0n) is 12.7. The topological polar surface area (TPSA) is 24.5 Å². The summed E-state index contributed by atoms with van der Waals surface area (Å²) in [6, 6.07) is 6.40. The van der Waals surface area contributed by atoms with Crippen LogP contribution in [0.3, 0.4) is 0 Å². The molecule has 0 aromatic heterocycles. The molecule has 0 amide bonds. The molecule has 20 heavy (non-hydrogen) atoms. The molecule has 1 aliphatic rings. The van der Waals surface area contributed by atoms with Crippen LogP contribution < -0.4 is 15.0 Å². The minimum atomic E-state index is 0.528. The quantitative estimate of drug-likeness (QED) is 0.919. The zero-order valence-corrected chi connectivity index (χ0v) is 13.4. The molecule has 1 unspecified atom stereocenters. The molecule has 1 aliphatic heterocycles. The van der Waals surface area contributed by atoms with Gasteiger partial charge in [0.15, 0.2) is 0 Å². The highest BCUT2D eigenvalue weighted by atomic mass is 35.5. The number of benzene rings is 1. The summed E-state index contributed by atoms with van der Waals surface area (Å²) in [7, 11) is 1.69. The first-order valence-electron chi connectivity index (χ1n) is 7.42. The van der Waals surface area contributed by atoms with Crippen LogP contribution in [-0.4, -0.2) is 32.8 Å². The smallest absolute Gasteiger partial charge is 0.121 e. The predicted molar refractivity (Wildman–Crippen MR) is 86.1 cm³/mol. The van der Waals surface area contributed by atoms with Gasteiger partial charge in [0.2, 0.25) is 0 Å². The van der Waals surface area contributed by atoms with E-state index in [0.717, 1.165) is 42.5 Å². The lowest BCUT2D eigenvalue weighted by atomic mass is 10.0. The Hall–Kier alpha value is -0.930. The van der Waals surface area contributed by atoms with Crippen molar-refractivity contribution in [1.29, 1.82) is 0 Å². The van der Waals surface area contributed by atoms with Crippen molar-refractivity contribution in [2.24, 2.45) is 5.92 Å². The Morgan fingerprint density at radius 3 is 2.95 bits per heavy atom. The summed E-state index contributed by atoms with van der Waals surface area (Å²) in [5.41, 5.74) is 1.09. The van der Waals surface area contributed by atoms with Crippen molar-refractivity contribution in [3.05, 3.63) is 23.2 Å². The Morgan fingerprint density at radius 1 is 1.45 bits per heavy atom. The Morgan fingerprint density at radius 2 is 2.25 bits per heavy atom. The third kappa shape index (κ3) is 4.03. The third-order valence-electron chi connectivity index (χ3n) is 3.73. The lowest BCUT2D eigenvalue weighted by Crippen LogP contribution is -2.38. The molecule has 1 atom stereocenters. The summed E-state index contributed by atoms with van der Waals surface area (Å²) in [6.45, 7) is 7.67. The van der Waals surface area contributed by atoms with E-state index in [9.17, 15) is 0 Å². The van der Waals surface area contributed by atoms with E-state index >= 15 is 0 Å². The van der Waals surface area contributed by atoms with Crippen molar-refractivity contribution in [3.8, 4) is 5.75 Å². The molecule has 1 heterocycles. The molecule has 0 saturated carbocycles. The number of hydrogen-bond donors (Lipinski definition) is 1. The Bertz CT molecular complexity index is 436. The van der Waals surface area contributed by atoms with Crippen molar-refractivity contribution in [2.75, 3.05) is 31.6 Å². The Labute approximate surface area is 127 Å². The Balaban J connectivity index is 2.17. The first-order chi connectivity index (χ1) is 9.60. The lowest BCUT2D eigenvalue weighted by molar-refractivity contribution is 0.414. The summed E-state index contributed by atoms with van der Waals surface area (Å²) >= 11 is 6.38. The summed E-state index contributed by atoms with van der Waals surface area (Å²) in [5.74, 6) is 1.57. The number of nitrogens with one attached hydrogen (secondary N) is 1. The van der Waals surface area contributed by atoms with E-state index in [-0.39, 0.29) is 0 Å². The molecule has 4 heteroatoms. The average molecular weight is 297 g/mol. The highest BCUT2D eigenvalue weighted by Gasteiger charge is 2.20. The van der Waals surface area contributed by atoms with E-state index in [0.29, 0.717) is 12.0 Å². The fourth-order valence-corrected chi connectivity index (χ4v) is 3.04. The van der Waals surface area contributed by atoms with Gasteiger partial charge in [0, 0.05) is 25.2 Å². The molecule has 1 saturated heterocycles. The maximum absolute atomic E-state index is 6.38. The van der Waals surface area contributed by atoms with Gasteiger partial charge in [0.1, 0.15) is 5.75 Å². The molecule has 0 aliphatic carbocycles. The standard InChI is InChI=1S/C16H25ClN2O/c1-12(2)9-13-11-19(8-4-7-18-13)16-10-14(20-3)5-6-15(16)17/h5-6,10,12-13,18H,4,7-9,11H2,1-3H3. The van der Waals surface area contributed by atoms with Gasteiger partial charge in [-0.2, -0.15) is 0 Å². The van der Waals surface area contributed by atoms with Crippen LogP contribution >= 0.6 is 11.6 Å². The van der Waals surface area contributed by atoms with Gasteiger partial charge in [-0.15, -0.1) is 0 Å². The molecule has 3 nitrogen and oxygen atoms in total. The molecule has 2 rings (SSSR count). The molecule has 1 fully saturated rings. The maximum atomic E-state index is 6.38. The van der Waals surface area contributed by atoms with Crippen LogP contribution in [0.1, 0.15) is 26.7 Å². The van der Waals surface area contributed by atoms with Crippen molar-refractivity contribution < 1.29 is 4.74 Å². The first-order valence-corrected chi connectivity index (χ1v) is 7.80. The van der Waals surface area contributed by atoms with E-state index in [1.165, 1.54) is 6.42 Å². The van der Waals surface area contributed by atoms with Gasteiger partial charge < -0.3 is 15.0 Å². The van der Waals surface area contributed by atoms with Gasteiger partial charge in [0.05, 0.1) is 17.8 Å². The number of methoxy groups -OCH3 is 1. The van der Waals surface area contributed by atoms with Crippen LogP contribution in [0.15, 0.2) is 18.2 Å². The molecule has 1 N–H and O–H groups in total. The number of hydrogen-bond acceptors (Lipinski definition) is 3. The minimum Gasteiger partial charge on any atom is -0.497 e. The van der Waals surface area contributed by atoms with Gasteiger partial charge in [-0.1, -0.05) is 25.4 Å². The number of ether oxygens (including phenoxy) is 1. The summed E-state index contributed by atoms with van der Waals surface area (Å²) in [5, 5.41) is 4.45. The highest BCUT2D eigenvalue weighted by Crippen LogP contribution is 2.31. The van der Waals surface area contributed by atoms with Crippen LogP contribution in [0.2, 0.25) is 5.02 Å². The van der Waals surface area contributed by atoms with Gasteiger partial charge in [-0.3, -0.25) is 0 Å². The normalized spacial score (nSPS) is 20.1.